The number of para-hydroxylation sites is 1. The normalized spacial score (nSPS) is 11.7. The highest BCUT2D eigenvalue weighted by Gasteiger charge is 2.18. The van der Waals surface area contributed by atoms with Crippen LogP contribution >= 0.6 is 0 Å². The predicted molar refractivity (Wildman–Crippen MR) is 201 cm³/mol. The number of hydrogen-bond donors (Lipinski definition) is 0. The molecule has 2 heterocycles. The number of aromatic nitrogens is 3. The monoisotopic (exact) mass is 625 g/mol. The number of furan rings is 1. The average molecular weight is 626 g/mol. The Bertz CT molecular complexity index is 2900. The summed E-state index contributed by atoms with van der Waals surface area (Å²) < 4.78 is 6.28. The highest BCUT2D eigenvalue weighted by molar-refractivity contribution is 6.06. The molecule has 0 bridgehead atoms. The van der Waals surface area contributed by atoms with Gasteiger partial charge >= 0.3 is 0 Å². The lowest BCUT2D eigenvalue weighted by molar-refractivity contribution is 0.669. The van der Waals surface area contributed by atoms with Crippen molar-refractivity contribution in [2.75, 3.05) is 0 Å². The predicted octanol–water partition coefficient (Wildman–Crippen LogP) is 11.9. The summed E-state index contributed by atoms with van der Waals surface area (Å²) >= 11 is 0. The van der Waals surface area contributed by atoms with Gasteiger partial charge in [0, 0.05) is 27.5 Å². The fraction of sp³-hybridized carbons (Fsp3) is 0. The molecule has 8 aromatic carbocycles. The molecule has 0 aliphatic heterocycles. The van der Waals surface area contributed by atoms with Crippen LogP contribution in [0.25, 0.3) is 99.5 Å². The SMILES string of the molecule is c1ccc2cc(-c3cc(-c4nc(-c5ccc6c(c5)oc5ccccc56)nc(-c5cccc6ccccc56)n4)c4ccccc4c3)ccc2c1. The maximum absolute atomic E-state index is 6.28. The Hall–Kier alpha value is -6.65. The Morgan fingerprint density at radius 3 is 1.76 bits per heavy atom. The van der Waals surface area contributed by atoms with Gasteiger partial charge in [0.1, 0.15) is 11.2 Å². The zero-order valence-electron chi connectivity index (χ0n) is 26.3. The smallest absolute Gasteiger partial charge is 0.164 e. The van der Waals surface area contributed by atoms with E-state index in [1.54, 1.807) is 0 Å². The van der Waals surface area contributed by atoms with E-state index in [-0.39, 0.29) is 0 Å². The van der Waals surface area contributed by atoms with Crippen LogP contribution in [0.4, 0.5) is 0 Å². The molecule has 0 aliphatic rings. The molecule has 10 aromatic rings. The zero-order valence-corrected chi connectivity index (χ0v) is 26.3. The van der Waals surface area contributed by atoms with Crippen LogP contribution < -0.4 is 0 Å². The van der Waals surface area contributed by atoms with Crippen molar-refractivity contribution in [3.63, 3.8) is 0 Å². The Morgan fingerprint density at radius 2 is 0.898 bits per heavy atom. The third-order valence-electron chi connectivity index (χ3n) is 9.49. The summed E-state index contributed by atoms with van der Waals surface area (Å²) in [5.74, 6) is 1.84. The molecule has 0 aliphatic carbocycles. The topological polar surface area (TPSA) is 51.8 Å². The molecular weight excluding hydrogens is 599 g/mol. The first-order valence-electron chi connectivity index (χ1n) is 16.4. The number of benzene rings is 8. The molecule has 0 atom stereocenters. The second kappa shape index (κ2) is 11.0. The Labute approximate surface area is 282 Å². The van der Waals surface area contributed by atoms with E-state index in [2.05, 4.69) is 140 Å². The minimum absolute atomic E-state index is 0.593. The van der Waals surface area contributed by atoms with Crippen LogP contribution in [0, 0.1) is 0 Å². The van der Waals surface area contributed by atoms with Crippen molar-refractivity contribution in [2.24, 2.45) is 0 Å². The summed E-state index contributed by atoms with van der Waals surface area (Å²) in [4.78, 5) is 15.6. The van der Waals surface area contributed by atoms with Crippen molar-refractivity contribution in [3.05, 3.63) is 164 Å². The number of nitrogens with zero attached hydrogens (tertiary/aromatic N) is 3. The van der Waals surface area contributed by atoms with E-state index in [9.17, 15) is 0 Å². The van der Waals surface area contributed by atoms with Gasteiger partial charge in [0.15, 0.2) is 17.5 Å². The van der Waals surface area contributed by atoms with Crippen LogP contribution in [0.3, 0.4) is 0 Å². The Balaban J connectivity index is 1.23. The number of hydrogen-bond acceptors (Lipinski definition) is 4. The molecule has 10 rings (SSSR count). The Kier molecular flexibility index (Phi) is 6.15. The zero-order chi connectivity index (χ0) is 32.3. The van der Waals surface area contributed by atoms with Crippen LogP contribution in [-0.2, 0) is 0 Å². The largest absolute Gasteiger partial charge is 0.456 e. The van der Waals surface area contributed by atoms with Crippen molar-refractivity contribution < 1.29 is 4.42 Å². The standard InChI is InChI=1S/C45H27N3O/c1-2-12-30-24-31(21-20-28(30)10-1)34-25-32-13-4-6-16-36(32)40(26-34)45-47-43(33-22-23-38-37-17-7-8-19-41(37)49-42(38)27-33)46-44(48-45)39-18-9-14-29-11-3-5-15-35(29)39/h1-27H. The fourth-order valence-electron chi connectivity index (χ4n) is 7.06. The fourth-order valence-corrected chi connectivity index (χ4v) is 7.06. The molecule has 4 heteroatoms. The molecule has 2 aromatic heterocycles. The lowest BCUT2D eigenvalue weighted by Crippen LogP contribution is -2.01. The van der Waals surface area contributed by atoms with Gasteiger partial charge < -0.3 is 4.42 Å². The van der Waals surface area contributed by atoms with E-state index in [1.807, 2.05) is 24.3 Å². The van der Waals surface area contributed by atoms with Gasteiger partial charge in [0.05, 0.1) is 0 Å². The molecule has 0 unspecified atom stereocenters. The molecule has 0 N–H and O–H groups in total. The van der Waals surface area contributed by atoms with Crippen molar-refractivity contribution in [1.82, 2.24) is 15.0 Å². The van der Waals surface area contributed by atoms with Crippen LogP contribution in [0.1, 0.15) is 0 Å². The average Bonchev–Trinajstić information content (AvgIpc) is 3.55. The summed E-state index contributed by atoms with van der Waals surface area (Å²) in [5, 5.41) is 9.02. The van der Waals surface area contributed by atoms with Gasteiger partial charge in [0.2, 0.25) is 0 Å². The van der Waals surface area contributed by atoms with Crippen molar-refractivity contribution in [2.45, 2.75) is 0 Å². The second-order valence-corrected chi connectivity index (χ2v) is 12.4. The molecule has 4 nitrogen and oxygen atoms in total. The first kappa shape index (κ1) is 27.5. The van der Waals surface area contributed by atoms with Crippen LogP contribution in [0.5, 0.6) is 0 Å². The highest BCUT2D eigenvalue weighted by atomic mass is 16.3. The van der Waals surface area contributed by atoms with Gasteiger partial charge in [-0.3, -0.25) is 0 Å². The van der Waals surface area contributed by atoms with Gasteiger partial charge in [-0.2, -0.15) is 0 Å². The summed E-state index contributed by atoms with van der Waals surface area (Å²) in [6, 6.07) is 57.1. The summed E-state index contributed by atoms with van der Waals surface area (Å²) in [6.07, 6.45) is 0. The van der Waals surface area contributed by atoms with E-state index in [0.29, 0.717) is 17.5 Å². The first-order chi connectivity index (χ1) is 24.2. The molecule has 0 radical (unpaired) electrons. The lowest BCUT2D eigenvalue weighted by atomic mass is 9.95. The Morgan fingerprint density at radius 1 is 0.306 bits per heavy atom. The molecule has 0 amide bonds. The highest BCUT2D eigenvalue weighted by Crippen LogP contribution is 2.37. The van der Waals surface area contributed by atoms with E-state index in [1.165, 1.54) is 10.8 Å². The summed E-state index contributed by atoms with van der Waals surface area (Å²) in [7, 11) is 0. The summed E-state index contributed by atoms with van der Waals surface area (Å²) in [5.41, 5.74) is 6.70. The molecule has 228 valence electrons. The molecule has 0 spiro atoms. The van der Waals surface area contributed by atoms with Gasteiger partial charge in [0.25, 0.3) is 0 Å². The third kappa shape index (κ3) is 4.65. The molecule has 0 saturated heterocycles. The van der Waals surface area contributed by atoms with Gasteiger partial charge in [-0.05, 0) is 79.8 Å². The van der Waals surface area contributed by atoms with Crippen LogP contribution in [0.2, 0.25) is 0 Å². The summed E-state index contributed by atoms with van der Waals surface area (Å²) in [6.45, 7) is 0. The van der Waals surface area contributed by atoms with E-state index >= 15 is 0 Å². The second-order valence-electron chi connectivity index (χ2n) is 12.4. The van der Waals surface area contributed by atoms with E-state index < -0.39 is 0 Å². The minimum Gasteiger partial charge on any atom is -0.456 e. The molecule has 49 heavy (non-hydrogen) atoms. The minimum atomic E-state index is 0.593. The van der Waals surface area contributed by atoms with Gasteiger partial charge in [-0.15, -0.1) is 0 Å². The third-order valence-corrected chi connectivity index (χ3v) is 9.49. The maximum Gasteiger partial charge on any atom is 0.164 e. The molecule has 0 saturated carbocycles. The maximum atomic E-state index is 6.28. The van der Waals surface area contributed by atoms with Crippen molar-refractivity contribution in [3.8, 4) is 45.3 Å². The van der Waals surface area contributed by atoms with Gasteiger partial charge in [-0.1, -0.05) is 127 Å². The van der Waals surface area contributed by atoms with Crippen molar-refractivity contribution in [1.29, 1.82) is 0 Å². The first-order valence-corrected chi connectivity index (χ1v) is 16.4. The number of fused-ring (bicyclic) bond motifs is 6. The number of rotatable bonds is 4. The van der Waals surface area contributed by atoms with Crippen molar-refractivity contribution >= 4 is 54.3 Å². The van der Waals surface area contributed by atoms with E-state index in [4.69, 9.17) is 19.4 Å². The van der Waals surface area contributed by atoms with Crippen LogP contribution in [0.15, 0.2) is 168 Å². The van der Waals surface area contributed by atoms with E-state index in [0.717, 1.165) is 71.3 Å². The van der Waals surface area contributed by atoms with Crippen LogP contribution in [-0.4, -0.2) is 15.0 Å². The molecular formula is C45H27N3O. The lowest BCUT2D eigenvalue weighted by Gasteiger charge is -2.14. The van der Waals surface area contributed by atoms with Gasteiger partial charge in [-0.25, -0.2) is 15.0 Å². The quantitative estimate of drug-likeness (QED) is 0.195. The molecule has 0 fully saturated rings.